The SMILES string of the molecule is COc1cc(C(O)Cc2ccc(Br)s2)cc2c1OCO2. The first kappa shape index (κ1) is 13.7. The van der Waals surface area contributed by atoms with Crippen molar-refractivity contribution in [1.82, 2.24) is 0 Å². The van der Waals surface area contributed by atoms with Gasteiger partial charge in [0.2, 0.25) is 12.5 Å². The molecule has 0 bridgehead atoms. The van der Waals surface area contributed by atoms with Crippen LogP contribution in [0.4, 0.5) is 0 Å². The number of ether oxygens (including phenoxy) is 3. The molecule has 2 aromatic rings. The predicted molar refractivity (Wildman–Crippen MR) is 79.8 cm³/mol. The summed E-state index contributed by atoms with van der Waals surface area (Å²) in [7, 11) is 1.57. The highest BCUT2D eigenvalue weighted by Crippen LogP contribution is 2.43. The van der Waals surface area contributed by atoms with Crippen LogP contribution < -0.4 is 14.2 Å². The lowest BCUT2D eigenvalue weighted by atomic mass is 10.0. The predicted octanol–water partition coefficient (Wildman–Crippen LogP) is 3.52. The third-order valence-corrected chi connectivity index (χ3v) is 4.73. The standard InChI is InChI=1S/C14H13BrO4S/c1-17-11-4-8(5-12-14(11)19-7-18-12)10(16)6-9-2-3-13(15)20-9/h2-5,10,16H,6-7H2,1H3. The van der Waals surface area contributed by atoms with E-state index in [4.69, 9.17) is 14.2 Å². The summed E-state index contributed by atoms with van der Waals surface area (Å²) in [5.41, 5.74) is 0.760. The van der Waals surface area contributed by atoms with Crippen molar-refractivity contribution in [1.29, 1.82) is 0 Å². The number of hydrogen-bond donors (Lipinski definition) is 1. The fraction of sp³-hybridized carbons (Fsp3) is 0.286. The Morgan fingerprint density at radius 2 is 2.25 bits per heavy atom. The molecule has 3 rings (SSSR count). The average molecular weight is 357 g/mol. The molecule has 0 fully saturated rings. The number of methoxy groups -OCH3 is 1. The average Bonchev–Trinajstić information content (AvgIpc) is 3.06. The van der Waals surface area contributed by atoms with Crippen LogP contribution in [-0.2, 0) is 6.42 Å². The topological polar surface area (TPSA) is 47.9 Å². The molecular formula is C14H13BrO4S. The van der Waals surface area contributed by atoms with Gasteiger partial charge in [-0.1, -0.05) is 0 Å². The molecular weight excluding hydrogens is 344 g/mol. The molecule has 1 unspecified atom stereocenters. The summed E-state index contributed by atoms with van der Waals surface area (Å²) in [5, 5.41) is 10.4. The molecule has 1 aliphatic rings. The van der Waals surface area contributed by atoms with Crippen molar-refractivity contribution in [3.8, 4) is 17.2 Å². The molecule has 1 atom stereocenters. The van der Waals surface area contributed by atoms with Crippen LogP contribution in [0.2, 0.25) is 0 Å². The Hall–Kier alpha value is -1.24. The van der Waals surface area contributed by atoms with Gasteiger partial charge in [-0.2, -0.15) is 0 Å². The summed E-state index contributed by atoms with van der Waals surface area (Å²) < 4.78 is 17.1. The van der Waals surface area contributed by atoms with Crippen molar-refractivity contribution in [3.63, 3.8) is 0 Å². The zero-order valence-electron chi connectivity index (χ0n) is 10.8. The summed E-state index contributed by atoms with van der Waals surface area (Å²) in [6.07, 6.45) is -0.0528. The van der Waals surface area contributed by atoms with Gasteiger partial charge in [0.1, 0.15) is 0 Å². The van der Waals surface area contributed by atoms with Crippen LogP contribution in [0.15, 0.2) is 28.1 Å². The first-order valence-electron chi connectivity index (χ1n) is 6.07. The van der Waals surface area contributed by atoms with Gasteiger partial charge < -0.3 is 19.3 Å². The molecule has 6 heteroatoms. The molecule has 1 aromatic carbocycles. The van der Waals surface area contributed by atoms with E-state index in [1.807, 2.05) is 12.1 Å². The lowest BCUT2D eigenvalue weighted by molar-refractivity contribution is 0.170. The van der Waals surface area contributed by atoms with Gasteiger partial charge in [-0.25, -0.2) is 0 Å². The fourth-order valence-corrected chi connectivity index (χ4v) is 3.63. The molecule has 0 amide bonds. The van der Waals surface area contributed by atoms with E-state index in [1.54, 1.807) is 30.6 Å². The zero-order chi connectivity index (χ0) is 14.1. The Balaban J connectivity index is 1.86. The molecule has 0 saturated carbocycles. The van der Waals surface area contributed by atoms with Crippen LogP contribution in [-0.4, -0.2) is 19.0 Å². The molecule has 0 saturated heterocycles. The van der Waals surface area contributed by atoms with Crippen molar-refractivity contribution in [3.05, 3.63) is 38.5 Å². The lowest BCUT2D eigenvalue weighted by Gasteiger charge is -2.13. The second kappa shape index (κ2) is 5.63. The van der Waals surface area contributed by atoms with Crippen molar-refractivity contribution in [2.75, 3.05) is 13.9 Å². The van der Waals surface area contributed by atoms with E-state index >= 15 is 0 Å². The van der Waals surface area contributed by atoms with Crippen molar-refractivity contribution >= 4 is 27.3 Å². The Kier molecular flexibility index (Phi) is 3.87. The summed E-state index contributed by atoms with van der Waals surface area (Å²) in [6, 6.07) is 7.58. The Morgan fingerprint density at radius 1 is 1.40 bits per heavy atom. The summed E-state index contributed by atoms with van der Waals surface area (Å²) in [6.45, 7) is 0.184. The number of hydrogen-bond acceptors (Lipinski definition) is 5. The smallest absolute Gasteiger partial charge is 0.231 e. The number of halogens is 1. The van der Waals surface area contributed by atoms with E-state index in [0.29, 0.717) is 23.7 Å². The van der Waals surface area contributed by atoms with E-state index in [0.717, 1.165) is 14.2 Å². The van der Waals surface area contributed by atoms with E-state index < -0.39 is 6.10 Å². The number of fused-ring (bicyclic) bond motifs is 1. The molecule has 106 valence electrons. The molecule has 0 spiro atoms. The van der Waals surface area contributed by atoms with E-state index in [-0.39, 0.29) is 6.79 Å². The number of benzene rings is 1. The molecule has 20 heavy (non-hydrogen) atoms. The zero-order valence-corrected chi connectivity index (χ0v) is 13.2. The normalized spacial score (nSPS) is 14.3. The monoisotopic (exact) mass is 356 g/mol. The highest BCUT2D eigenvalue weighted by Gasteiger charge is 2.22. The molecule has 1 aliphatic heterocycles. The first-order chi connectivity index (χ1) is 9.67. The van der Waals surface area contributed by atoms with Crippen LogP contribution in [0.5, 0.6) is 17.2 Å². The van der Waals surface area contributed by atoms with Gasteiger partial charge in [-0.3, -0.25) is 0 Å². The first-order valence-corrected chi connectivity index (χ1v) is 7.68. The molecule has 1 N–H and O–H groups in total. The van der Waals surface area contributed by atoms with Gasteiger partial charge in [-0.15, -0.1) is 11.3 Å². The Bertz CT molecular complexity index is 626. The van der Waals surface area contributed by atoms with Crippen LogP contribution in [0.1, 0.15) is 16.5 Å². The van der Waals surface area contributed by atoms with Crippen LogP contribution >= 0.6 is 27.3 Å². The fourth-order valence-electron chi connectivity index (χ4n) is 2.11. The van der Waals surface area contributed by atoms with Gasteiger partial charge in [0.15, 0.2) is 11.5 Å². The molecule has 1 aromatic heterocycles. The van der Waals surface area contributed by atoms with E-state index in [1.165, 1.54) is 0 Å². The summed E-state index contributed by atoms with van der Waals surface area (Å²) in [4.78, 5) is 1.11. The van der Waals surface area contributed by atoms with Crippen LogP contribution in [0.25, 0.3) is 0 Å². The summed E-state index contributed by atoms with van der Waals surface area (Å²) >= 11 is 5.04. The van der Waals surface area contributed by atoms with Crippen LogP contribution in [0.3, 0.4) is 0 Å². The van der Waals surface area contributed by atoms with E-state index in [9.17, 15) is 5.11 Å². The Labute approximate surface area is 129 Å². The quantitative estimate of drug-likeness (QED) is 0.910. The minimum atomic E-state index is -0.607. The molecule has 4 nitrogen and oxygen atoms in total. The maximum absolute atomic E-state index is 10.4. The largest absolute Gasteiger partial charge is 0.493 e. The lowest BCUT2D eigenvalue weighted by Crippen LogP contribution is -2.01. The van der Waals surface area contributed by atoms with Crippen molar-refractivity contribution in [2.24, 2.45) is 0 Å². The molecule has 0 radical (unpaired) electrons. The van der Waals surface area contributed by atoms with Gasteiger partial charge in [0, 0.05) is 11.3 Å². The maximum Gasteiger partial charge on any atom is 0.231 e. The third kappa shape index (κ3) is 2.63. The second-order valence-corrected chi connectivity index (χ2v) is 6.93. The van der Waals surface area contributed by atoms with Gasteiger partial charge >= 0.3 is 0 Å². The Morgan fingerprint density at radius 3 is 2.95 bits per heavy atom. The minimum absolute atomic E-state index is 0.184. The van der Waals surface area contributed by atoms with E-state index in [2.05, 4.69) is 15.9 Å². The number of aliphatic hydroxyl groups is 1. The number of aliphatic hydroxyl groups excluding tert-OH is 1. The second-order valence-electron chi connectivity index (χ2n) is 4.38. The number of thiophene rings is 1. The summed E-state index contributed by atoms with van der Waals surface area (Å²) in [5.74, 6) is 1.80. The highest BCUT2D eigenvalue weighted by molar-refractivity contribution is 9.11. The van der Waals surface area contributed by atoms with Crippen molar-refractivity contribution < 1.29 is 19.3 Å². The maximum atomic E-state index is 10.4. The van der Waals surface area contributed by atoms with Gasteiger partial charge in [0.05, 0.1) is 17.0 Å². The number of rotatable bonds is 4. The van der Waals surface area contributed by atoms with Gasteiger partial charge in [-0.05, 0) is 45.8 Å². The third-order valence-electron chi connectivity index (χ3n) is 3.09. The van der Waals surface area contributed by atoms with Crippen LogP contribution in [0, 0.1) is 0 Å². The molecule has 0 aliphatic carbocycles. The highest BCUT2D eigenvalue weighted by atomic mass is 79.9. The van der Waals surface area contributed by atoms with Crippen molar-refractivity contribution in [2.45, 2.75) is 12.5 Å². The molecule has 2 heterocycles. The minimum Gasteiger partial charge on any atom is -0.493 e. The van der Waals surface area contributed by atoms with Gasteiger partial charge in [0.25, 0.3) is 0 Å².